The number of hydrogen-bond donors (Lipinski definition) is 2. The lowest BCUT2D eigenvalue weighted by Crippen LogP contribution is -2.45. The number of nitrogens with zero attached hydrogens (tertiary/aromatic N) is 1. The van der Waals surface area contributed by atoms with Gasteiger partial charge in [-0.15, -0.1) is 0 Å². The third-order valence-electron chi connectivity index (χ3n) is 3.36. The van der Waals surface area contributed by atoms with Gasteiger partial charge in [0.2, 0.25) is 0 Å². The van der Waals surface area contributed by atoms with Gasteiger partial charge in [0.1, 0.15) is 0 Å². The summed E-state index contributed by atoms with van der Waals surface area (Å²) in [6, 6.07) is 0. The fraction of sp³-hybridized carbons (Fsp3) is 1.00. The molecule has 0 atom stereocenters. The van der Waals surface area contributed by atoms with E-state index in [4.69, 9.17) is 0 Å². The van der Waals surface area contributed by atoms with Gasteiger partial charge in [-0.25, -0.2) is 0 Å². The van der Waals surface area contributed by atoms with Crippen molar-refractivity contribution in [2.24, 2.45) is 11.3 Å². The molecule has 17 heavy (non-hydrogen) atoms. The van der Waals surface area contributed by atoms with E-state index in [0.29, 0.717) is 5.41 Å². The minimum Gasteiger partial charge on any atom is -0.393 e. The van der Waals surface area contributed by atoms with Crippen molar-refractivity contribution >= 4 is 0 Å². The number of piperidine rings is 1. The molecule has 1 fully saturated rings. The summed E-state index contributed by atoms with van der Waals surface area (Å²) < 4.78 is 0. The highest BCUT2D eigenvalue weighted by atomic mass is 16.3. The van der Waals surface area contributed by atoms with E-state index < -0.39 is 0 Å². The minimum absolute atomic E-state index is 0.0616. The summed E-state index contributed by atoms with van der Waals surface area (Å²) in [4.78, 5) is 2.49. The van der Waals surface area contributed by atoms with Crippen LogP contribution in [0.25, 0.3) is 0 Å². The first-order valence-corrected chi connectivity index (χ1v) is 7.00. The van der Waals surface area contributed by atoms with E-state index >= 15 is 0 Å². The first-order chi connectivity index (χ1) is 7.89. The average molecular weight is 242 g/mol. The van der Waals surface area contributed by atoms with Crippen molar-refractivity contribution < 1.29 is 5.11 Å². The van der Waals surface area contributed by atoms with E-state index in [0.717, 1.165) is 51.5 Å². The first kappa shape index (κ1) is 14.9. The molecule has 1 saturated heterocycles. The molecule has 0 spiro atoms. The molecule has 0 amide bonds. The van der Waals surface area contributed by atoms with Crippen LogP contribution in [0.4, 0.5) is 0 Å². The number of aliphatic hydroxyl groups is 1. The Morgan fingerprint density at radius 2 is 1.88 bits per heavy atom. The van der Waals surface area contributed by atoms with Crippen LogP contribution in [0.15, 0.2) is 0 Å². The van der Waals surface area contributed by atoms with E-state index in [1.807, 2.05) is 0 Å². The Hall–Kier alpha value is -0.120. The molecule has 1 aliphatic rings. The van der Waals surface area contributed by atoms with Gasteiger partial charge in [0.15, 0.2) is 0 Å². The van der Waals surface area contributed by atoms with Gasteiger partial charge in [0.25, 0.3) is 0 Å². The second-order valence-corrected chi connectivity index (χ2v) is 6.70. The lowest BCUT2D eigenvalue weighted by atomic mass is 9.91. The molecule has 1 rings (SSSR count). The Morgan fingerprint density at radius 1 is 1.29 bits per heavy atom. The highest BCUT2D eigenvalue weighted by Crippen LogP contribution is 2.19. The smallest absolute Gasteiger partial charge is 0.0564 e. The monoisotopic (exact) mass is 242 g/mol. The van der Waals surface area contributed by atoms with Crippen LogP contribution in [0, 0.1) is 11.3 Å². The zero-order valence-corrected chi connectivity index (χ0v) is 12.0. The molecule has 0 aliphatic carbocycles. The van der Waals surface area contributed by atoms with E-state index in [9.17, 15) is 5.11 Å². The summed E-state index contributed by atoms with van der Waals surface area (Å²) in [5.41, 5.74) is 0.317. The van der Waals surface area contributed by atoms with Crippen LogP contribution in [0.1, 0.15) is 40.5 Å². The largest absolute Gasteiger partial charge is 0.393 e. The van der Waals surface area contributed by atoms with Gasteiger partial charge in [-0.1, -0.05) is 27.7 Å². The van der Waals surface area contributed by atoms with Crippen LogP contribution < -0.4 is 5.32 Å². The molecular formula is C14H30N2O. The van der Waals surface area contributed by atoms with Crippen molar-refractivity contribution in [1.82, 2.24) is 10.2 Å². The van der Waals surface area contributed by atoms with Crippen LogP contribution in [0.5, 0.6) is 0 Å². The zero-order valence-electron chi connectivity index (χ0n) is 12.0. The second kappa shape index (κ2) is 6.72. The molecule has 0 aromatic carbocycles. The van der Waals surface area contributed by atoms with E-state index in [2.05, 4.69) is 37.9 Å². The van der Waals surface area contributed by atoms with E-state index in [-0.39, 0.29) is 6.10 Å². The van der Waals surface area contributed by atoms with E-state index in [1.165, 1.54) is 0 Å². The summed E-state index contributed by atoms with van der Waals surface area (Å²) in [6.45, 7) is 14.5. The Morgan fingerprint density at radius 3 is 2.41 bits per heavy atom. The Bertz CT molecular complexity index is 208. The molecule has 0 saturated carbocycles. The molecule has 0 aromatic heterocycles. The third kappa shape index (κ3) is 6.39. The van der Waals surface area contributed by atoms with Crippen molar-refractivity contribution in [3.63, 3.8) is 0 Å². The van der Waals surface area contributed by atoms with Crippen molar-refractivity contribution in [1.29, 1.82) is 0 Å². The number of nitrogens with one attached hydrogen (secondary N) is 1. The number of aliphatic hydroxyl groups excluding tert-OH is 1. The van der Waals surface area contributed by atoms with Gasteiger partial charge < -0.3 is 15.3 Å². The first-order valence-electron chi connectivity index (χ1n) is 7.00. The Balaban J connectivity index is 2.23. The van der Waals surface area contributed by atoms with Gasteiger partial charge in [0.05, 0.1) is 6.10 Å². The maximum absolute atomic E-state index is 9.49. The fourth-order valence-electron chi connectivity index (χ4n) is 2.44. The van der Waals surface area contributed by atoms with Crippen LogP contribution in [-0.4, -0.2) is 48.8 Å². The van der Waals surface area contributed by atoms with Crippen LogP contribution in [0.2, 0.25) is 0 Å². The summed E-state index contributed by atoms with van der Waals surface area (Å²) in [7, 11) is 0. The van der Waals surface area contributed by atoms with Crippen molar-refractivity contribution in [2.45, 2.75) is 46.6 Å². The summed E-state index contributed by atoms with van der Waals surface area (Å²) in [5, 5.41) is 13.0. The van der Waals surface area contributed by atoms with Crippen LogP contribution in [0.3, 0.4) is 0 Å². The molecule has 0 unspecified atom stereocenters. The van der Waals surface area contributed by atoms with Crippen molar-refractivity contribution in [3.8, 4) is 0 Å². The second-order valence-electron chi connectivity index (χ2n) is 6.70. The van der Waals surface area contributed by atoms with Crippen LogP contribution >= 0.6 is 0 Å². The highest BCUT2D eigenvalue weighted by molar-refractivity contribution is 4.80. The SMILES string of the molecule is CC(C)CNCC(C)(C)CN1CCC(O)CC1. The Labute approximate surface area is 107 Å². The quantitative estimate of drug-likeness (QED) is 0.744. The number of likely N-dealkylation sites (tertiary alicyclic amines) is 1. The van der Waals surface area contributed by atoms with Gasteiger partial charge in [-0.2, -0.15) is 0 Å². The van der Waals surface area contributed by atoms with Gasteiger partial charge in [0, 0.05) is 26.2 Å². The molecule has 102 valence electrons. The molecule has 0 radical (unpaired) electrons. The maximum atomic E-state index is 9.49. The normalized spacial score (nSPS) is 20.1. The molecule has 1 aliphatic heterocycles. The van der Waals surface area contributed by atoms with Gasteiger partial charge >= 0.3 is 0 Å². The standard InChI is InChI=1S/C14H30N2O/c1-12(2)9-15-10-14(3,4)11-16-7-5-13(17)6-8-16/h12-13,15,17H,5-11H2,1-4H3. The highest BCUT2D eigenvalue weighted by Gasteiger charge is 2.24. The zero-order chi connectivity index (χ0) is 12.9. The van der Waals surface area contributed by atoms with E-state index in [1.54, 1.807) is 0 Å². The average Bonchev–Trinajstić information content (AvgIpc) is 2.20. The predicted octanol–water partition coefficient (Wildman–Crippen LogP) is 1.71. The van der Waals surface area contributed by atoms with Gasteiger partial charge in [-0.3, -0.25) is 0 Å². The third-order valence-corrected chi connectivity index (χ3v) is 3.36. The molecule has 0 aromatic rings. The summed E-state index contributed by atoms with van der Waals surface area (Å²) in [5.74, 6) is 0.718. The number of rotatable bonds is 6. The fourth-order valence-corrected chi connectivity index (χ4v) is 2.44. The molecule has 3 heteroatoms. The predicted molar refractivity (Wildman–Crippen MR) is 73.2 cm³/mol. The lowest BCUT2D eigenvalue weighted by molar-refractivity contribution is 0.0631. The summed E-state index contributed by atoms with van der Waals surface area (Å²) in [6.07, 6.45) is 1.82. The minimum atomic E-state index is -0.0616. The topological polar surface area (TPSA) is 35.5 Å². The lowest BCUT2D eigenvalue weighted by Gasteiger charge is -2.36. The van der Waals surface area contributed by atoms with Crippen molar-refractivity contribution in [3.05, 3.63) is 0 Å². The maximum Gasteiger partial charge on any atom is 0.0564 e. The van der Waals surface area contributed by atoms with Gasteiger partial charge in [-0.05, 0) is 30.7 Å². The Kier molecular flexibility index (Phi) is 5.90. The molecule has 0 bridgehead atoms. The summed E-state index contributed by atoms with van der Waals surface area (Å²) >= 11 is 0. The number of hydrogen-bond acceptors (Lipinski definition) is 3. The van der Waals surface area contributed by atoms with Crippen LogP contribution in [-0.2, 0) is 0 Å². The van der Waals surface area contributed by atoms with Crippen molar-refractivity contribution in [2.75, 3.05) is 32.7 Å². The molecular weight excluding hydrogens is 212 g/mol. The molecule has 3 nitrogen and oxygen atoms in total. The molecule has 2 N–H and O–H groups in total. The molecule has 1 heterocycles.